The zero-order valence-corrected chi connectivity index (χ0v) is 17.8. The van der Waals surface area contributed by atoms with Gasteiger partial charge in [-0.05, 0) is 42.7 Å². The molecule has 1 aromatic heterocycles. The lowest BCUT2D eigenvalue weighted by molar-refractivity contribution is -0.124. The van der Waals surface area contributed by atoms with E-state index in [-0.39, 0.29) is 24.2 Å². The summed E-state index contributed by atoms with van der Waals surface area (Å²) in [6, 6.07) is 9.03. The molecule has 1 fully saturated rings. The van der Waals surface area contributed by atoms with Gasteiger partial charge >= 0.3 is 0 Å². The van der Waals surface area contributed by atoms with Gasteiger partial charge in [0.25, 0.3) is 5.91 Å². The Hall–Kier alpha value is -2.61. The molecule has 9 heteroatoms. The monoisotopic (exact) mass is 450 g/mol. The van der Waals surface area contributed by atoms with Gasteiger partial charge in [0.2, 0.25) is 5.91 Å². The van der Waals surface area contributed by atoms with Crippen molar-refractivity contribution in [3.05, 3.63) is 53.2 Å². The third-order valence-corrected chi connectivity index (χ3v) is 5.10. The molecule has 1 aliphatic rings. The average Bonchev–Trinajstić information content (AvgIpc) is 2.75. The fourth-order valence-electron chi connectivity index (χ4n) is 3.27. The maximum absolute atomic E-state index is 12.6. The maximum Gasteiger partial charge on any atom is 0.267 e. The Morgan fingerprint density at radius 1 is 1.13 bits per heavy atom. The Morgan fingerprint density at radius 2 is 1.83 bits per heavy atom. The summed E-state index contributed by atoms with van der Waals surface area (Å²) in [5, 5.41) is 15.0. The first-order chi connectivity index (χ1) is 14.1. The third-order valence-electron chi connectivity index (χ3n) is 4.81. The highest BCUT2D eigenvalue weighted by Crippen LogP contribution is 2.30. The van der Waals surface area contributed by atoms with Crippen LogP contribution in [0.5, 0.6) is 0 Å². The number of carbonyl (C=O) groups excluding carboxylic acids is 2. The van der Waals surface area contributed by atoms with Crippen molar-refractivity contribution < 1.29 is 14.8 Å². The van der Waals surface area contributed by atoms with Crippen LogP contribution in [0.2, 0.25) is 5.02 Å². The molecule has 160 valence electrons. The summed E-state index contributed by atoms with van der Waals surface area (Å²) in [7, 11) is 0. The Bertz CT molecular complexity index is 915. The van der Waals surface area contributed by atoms with Gasteiger partial charge in [-0.15, -0.1) is 12.4 Å². The first-order valence-corrected chi connectivity index (χ1v) is 9.89. The average molecular weight is 451 g/mol. The summed E-state index contributed by atoms with van der Waals surface area (Å²) < 4.78 is 0. The quantitative estimate of drug-likeness (QED) is 0.283. The predicted molar refractivity (Wildman–Crippen MR) is 120 cm³/mol. The van der Waals surface area contributed by atoms with E-state index < -0.39 is 5.91 Å². The van der Waals surface area contributed by atoms with E-state index in [4.69, 9.17) is 16.8 Å². The molecule has 30 heavy (non-hydrogen) atoms. The van der Waals surface area contributed by atoms with Gasteiger partial charge in [-0.1, -0.05) is 43.0 Å². The summed E-state index contributed by atoms with van der Waals surface area (Å²) >= 11 is 6.31. The van der Waals surface area contributed by atoms with E-state index in [9.17, 15) is 9.59 Å². The molecule has 4 N–H and O–H groups in total. The molecule has 0 atom stereocenters. The number of carbonyl (C=O) groups is 2. The lowest BCUT2D eigenvalue weighted by Gasteiger charge is -2.21. The molecule has 1 aliphatic carbocycles. The Kier molecular flexibility index (Phi) is 9.11. The van der Waals surface area contributed by atoms with Crippen LogP contribution in [-0.2, 0) is 9.59 Å². The van der Waals surface area contributed by atoms with Crippen LogP contribution in [0.25, 0.3) is 6.08 Å². The third kappa shape index (κ3) is 6.45. The van der Waals surface area contributed by atoms with Crippen LogP contribution < -0.4 is 16.1 Å². The van der Waals surface area contributed by atoms with Gasteiger partial charge in [0.1, 0.15) is 5.82 Å². The highest BCUT2D eigenvalue weighted by molar-refractivity contribution is 6.33. The van der Waals surface area contributed by atoms with E-state index in [1.54, 1.807) is 12.3 Å². The number of hydrogen-bond acceptors (Lipinski definition) is 5. The van der Waals surface area contributed by atoms with Gasteiger partial charge in [-0.25, -0.2) is 10.5 Å². The second-order valence-electron chi connectivity index (χ2n) is 6.90. The van der Waals surface area contributed by atoms with Crippen LogP contribution in [0.3, 0.4) is 0 Å². The Labute approximate surface area is 186 Å². The summed E-state index contributed by atoms with van der Waals surface area (Å²) in [5.41, 5.74) is 3.47. The molecule has 7 nitrogen and oxygen atoms in total. The molecule has 1 saturated carbocycles. The fraction of sp³-hybridized carbons (Fsp3) is 0.286. The van der Waals surface area contributed by atoms with E-state index in [1.165, 1.54) is 18.0 Å². The lowest BCUT2D eigenvalue weighted by atomic mass is 9.88. The molecule has 1 heterocycles. The van der Waals surface area contributed by atoms with Crippen molar-refractivity contribution in [2.24, 2.45) is 5.92 Å². The summed E-state index contributed by atoms with van der Waals surface area (Å²) in [5.74, 6) is -0.123. The van der Waals surface area contributed by atoms with Crippen LogP contribution in [-0.4, -0.2) is 22.0 Å². The van der Waals surface area contributed by atoms with Gasteiger partial charge < -0.3 is 10.6 Å². The number of nitrogens with zero attached hydrogens (tertiary/aromatic N) is 1. The van der Waals surface area contributed by atoms with Gasteiger partial charge in [0.15, 0.2) is 0 Å². The summed E-state index contributed by atoms with van der Waals surface area (Å²) in [6.45, 7) is 0. The predicted octanol–water partition coefficient (Wildman–Crippen LogP) is 4.94. The van der Waals surface area contributed by atoms with Gasteiger partial charge in [0, 0.05) is 18.2 Å². The Balaban J connectivity index is 0.00000320. The van der Waals surface area contributed by atoms with Crippen molar-refractivity contribution in [1.29, 1.82) is 0 Å². The van der Waals surface area contributed by atoms with Crippen LogP contribution in [0.1, 0.15) is 37.7 Å². The molecule has 0 radical (unpaired) electrons. The molecule has 1 aromatic carbocycles. The molecule has 3 rings (SSSR count). The van der Waals surface area contributed by atoms with Crippen molar-refractivity contribution in [1.82, 2.24) is 10.5 Å². The minimum atomic E-state index is -0.647. The number of halogens is 2. The normalized spacial score (nSPS) is 14.1. The van der Waals surface area contributed by atoms with Crippen LogP contribution >= 0.6 is 24.0 Å². The van der Waals surface area contributed by atoms with Crippen LogP contribution in [0.4, 0.5) is 17.2 Å². The number of rotatable bonds is 6. The molecular weight excluding hydrogens is 427 g/mol. The number of para-hydroxylation sites is 2. The second-order valence-corrected chi connectivity index (χ2v) is 7.31. The number of hydrogen-bond donors (Lipinski definition) is 4. The summed E-state index contributed by atoms with van der Waals surface area (Å²) in [4.78, 5) is 28.0. The zero-order chi connectivity index (χ0) is 20.6. The number of amides is 2. The lowest BCUT2D eigenvalue weighted by Crippen LogP contribution is -2.25. The maximum atomic E-state index is 12.6. The molecule has 2 amide bonds. The molecule has 0 spiro atoms. The SMILES string of the molecule is Cl.O=C(C=Cc1cnc(Nc2ccccc2NC(=O)C2CCCCC2)c(Cl)c1)NO. The molecular formula is C21H24Cl2N4O3. The largest absolute Gasteiger partial charge is 0.337 e. The zero-order valence-electron chi connectivity index (χ0n) is 16.2. The number of benzene rings is 1. The van der Waals surface area contributed by atoms with Crippen LogP contribution in [0, 0.1) is 5.92 Å². The van der Waals surface area contributed by atoms with Crippen molar-refractivity contribution in [2.45, 2.75) is 32.1 Å². The van der Waals surface area contributed by atoms with Crippen molar-refractivity contribution in [3.63, 3.8) is 0 Å². The first-order valence-electron chi connectivity index (χ1n) is 9.51. The number of nitrogens with one attached hydrogen (secondary N) is 3. The van der Waals surface area contributed by atoms with Crippen molar-refractivity contribution in [3.8, 4) is 0 Å². The molecule has 0 unspecified atom stereocenters. The number of hydroxylamine groups is 1. The standard InChI is InChI=1S/C21H23ClN4O3.ClH/c22-16-12-14(10-11-19(27)26-29)13-23-20(16)24-17-8-4-5-9-18(17)25-21(28)15-6-2-1-3-7-15;/h4-5,8-13,15,29H,1-3,6-7H2,(H,23,24)(H,25,28)(H,26,27);1H. The minimum absolute atomic E-state index is 0. The summed E-state index contributed by atoms with van der Waals surface area (Å²) in [6.07, 6.45) is 9.43. The van der Waals surface area contributed by atoms with Crippen molar-refractivity contribution in [2.75, 3.05) is 10.6 Å². The Morgan fingerprint density at radius 3 is 2.50 bits per heavy atom. The van der Waals surface area contributed by atoms with E-state index in [0.717, 1.165) is 31.8 Å². The topological polar surface area (TPSA) is 103 Å². The van der Waals surface area contributed by atoms with E-state index in [0.29, 0.717) is 27.8 Å². The number of aromatic nitrogens is 1. The van der Waals surface area contributed by atoms with Crippen molar-refractivity contribution >= 4 is 59.1 Å². The van der Waals surface area contributed by atoms with E-state index in [2.05, 4.69) is 15.6 Å². The highest BCUT2D eigenvalue weighted by Gasteiger charge is 2.21. The van der Waals surface area contributed by atoms with E-state index >= 15 is 0 Å². The second kappa shape index (κ2) is 11.5. The molecule has 0 aliphatic heterocycles. The van der Waals surface area contributed by atoms with Crippen LogP contribution in [0.15, 0.2) is 42.6 Å². The first kappa shape index (κ1) is 23.7. The molecule has 0 bridgehead atoms. The smallest absolute Gasteiger partial charge is 0.267 e. The van der Waals surface area contributed by atoms with E-state index in [1.807, 2.05) is 24.3 Å². The van der Waals surface area contributed by atoms with Gasteiger partial charge in [0.05, 0.1) is 16.4 Å². The molecule has 2 aromatic rings. The number of pyridine rings is 1. The highest BCUT2D eigenvalue weighted by atomic mass is 35.5. The molecule has 0 saturated heterocycles. The number of anilines is 3. The van der Waals surface area contributed by atoms with Gasteiger partial charge in [-0.3, -0.25) is 14.8 Å². The minimum Gasteiger partial charge on any atom is -0.337 e. The fourth-order valence-corrected chi connectivity index (χ4v) is 3.50. The van der Waals surface area contributed by atoms with Gasteiger partial charge in [-0.2, -0.15) is 0 Å².